The summed E-state index contributed by atoms with van der Waals surface area (Å²) >= 11 is 3.36. The molecular weight excluding hydrogens is 284 g/mol. The van der Waals surface area contributed by atoms with Crippen molar-refractivity contribution in [2.75, 3.05) is 18.5 Å². The summed E-state index contributed by atoms with van der Waals surface area (Å²) in [6.45, 7) is 5.14. The van der Waals surface area contributed by atoms with Crippen molar-refractivity contribution in [2.24, 2.45) is 0 Å². The second-order valence-corrected chi connectivity index (χ2v) is 4.58. The Labute approximate surface area is 110 Å². The Morgan fingerprint density at radius 1 is 1.53 bits per heavy atom. The quantitative estimate of drug-likeness (QED) is 0.822. The van der Waals surface area contributed by atoms with Gasteiger partial charge in [0.15, 0.2) is 0 Å². The van der Waals surface area contributed by atoms with Crippen LogP contribution in [0.2, 0.25) is 0 Å². The maximum absolute atomic E-state index is 11.5. The monoisotopic (exact) mass is 300 g/mol. The molecule has 17 heavy (non-hydrogen) atoms. The first-order valence-corrected chi connectivity index (χ1v) is 6.42. The van der Waals surface area contributed by atoms with E-state index in [0.29, 0.717) is 25.5 Å². The average molecular weight is 301 g/mol. The third-order valence-corrected chi connectivity index (χ3v) is 2.97. The van der Waals surface area contributed by atoms with E-state index in [1.54, 1.807) is 6.20 Å². The van der Waals surface area contributed by atoms with Crippen molar-refractivity contribution >= 4 is 27.7 Å². The van der Waals surface area contributed by atoms with E-state index in [1.165, 1.54) is 0 Å². The van der Waals surface area contributed by atoms with Crippen LogP contribution < -0.4 is 5.32 Å². The number of aryl methyl sites for hydroxylation is 1. The molecule has 0 aliphatic carbocycles. The molecule has 0 spiro atoms. The number of aromatic nitrogens is 1. The van der Waals surface area contributed by atoms with Gasteiger partial charge in [-0.2, -0.15) is 0 Å². The molecule has 0 saturated heterocycles. The van der Waals surface area contributed by atoms with E-state index in [4.69, 9.17) is 4.74 Å². The maximum atomic E-state index is 11.5. The Morgan fingerprint density at radius 2 is 2.29 bits per heavy atom. The lowest BCUT2D eigenvalue weighted by atomic mass is 10.3. The number of ether oxygens (including phenoxy) is 1. The highest BCUT2D eigenvalue weighted by Gasteiger charge is 2.04. The number of pyridine rings is 1. The van der Waals surface area contributed by atoms with E-state index in [9.17, 15) is 4.79 Å². The molecule has 1 rings (SSSR count). The highest BCUT2D eigenvalue weighted by molar-refractivity contribution is 9.10. The van der Waals surface area contributed by atoms with Crippen molar-refractivity contribution in [3.8, 4) is 0 Å². The summed E-state index contributed by atoms with van der Waals surface area (Å²) < 4.78 is 6.18. The number of rotatable bonds is 6. The number of hydrogen-bond donors (Lipinski definition) is 1. The second kappa shape index (κ2) is 7.40. The van der Waals surface area contributed by atoms with E-state index < -0.39 is 0 Å². The molecule has 0 unspecified atom stereocenters. The summed E-state index contributed by atoms with van der Waals surface area (Å²) in [5.74, 6) is 0.501. The predicted octanol–water partition coefficient (Wildman–Crippen LogP) is 2.91. The molecule has 1 amide bonds. The van der Waals surface area contributed by atoms with Crippen LogP contribution in [0.4, 0.5) is 5.82 Å². The molecule has 0 atom stereocenters. The lowest BCUT2D eigenvalue weighted by Crippen LogP contribution is -2.15. The SMILES string of the molecule is CCCOCCC(=O)Nc1cc(C)c(Br)cn1. The van der Waals surface area contributed by atoms with E-state index in [-0.39, 0.29) is 5.91 Å². The summed E-state index contributed by atoms with van der Waals surface area (Å²) in [4.78, 5) is 15.6. The predicted molar refractivity (Wildman–Crippen MR) is 71.0 cm³/mol. The van der Waals surface area contributed by atoms with Gasteiger partial charge in [-0.05, 0) is 40.9 Å². The van der Waals surface area contributed by atoms with Gasteiger partial charge in [-0.15, -0.1) is 0 Å². The molecule has 1 heterocycles. The summed E-state index contributed by atoms with van der Waals surface area (Å²) in [6.07, 6.45) is 3.00. The fourth-order valence-corrected chi connectivity index (χ4v) is 1.44. The zero-order valence-corrected chi connectivity index (χ0v) is 11.7. The van der Waals surface area contributed by atoms with Crippen LogP contribution >= 0.6 is 15.9 Å². The molecule has 4 nitrogen and oxygen atoms in total. The van der Waals surface area contributed by atoms with E-state index in [0.717, 1.165) is 16.5 Å². The maximum Gasteiger partial charge on any atom is 0.227 e. The van der Waals surface area contributed by atoms with Crippen molar-refractivity contribution in [1.82, 2.24) is 4.98 Å². The molecule has 0 radical (unpaired) electrons. The Hall–Kier alpha value is -0.940. The van der Waals surface area contributed by atoms with Crippen LogP contribution in [0.15, 0.2) is 16.7 Å². The van der Waals surface area contributed by atoms with Gasteiger partial charge in [0, 0.05) is 17.3 Å². The highest BCUT2D eigenvalue weighted by Crippen LogP contribution is 2.17. The first-order chi connectivity index (χ1) is 8.13. The van der Waals surface area contributed by atoms with E-state index in [1.807, 2.05) is 19.9 Å². The van der Waals surface area contributed by atoms with Crippen LogP contribution in [0.1, 0.15) is 25.3 Å². The van der Waals surface area contributed by atoms with Crippen LogP contribution in [0.5, 0.6) is 0 Å². The van der Waals surface area contributed by atoms with Crippen LogP contribution in [-0.4, -0.2) is 24.1 Å². The Bertz CT molecular complexity index is 383. The Balaban J connectivity index is 2.37. The van der Waals surface area contributed by atoms with Gasteiger partial charge in [-0.25, -0.2) is 4.98 Å². The summed E-state index contributed by atoms with van der Waals surface area (Å²) in [7, 11) is 0. The Kier molecular flexibility index (Phi) is 6.15. The van der Waals surface area contributed by atoms with Crippen molar-refractivity contribution in [3.63, 3.8) is 0 Å². The minimum Gasteiger partial charge on any atom is -0.381 e. The van der Waals surface area contributed by atoms with Crippen LogP contribution in [0, 0.1) is 6.92 Å². The van der Waals surface area contributed by atoms with Crippen molar-refractivity contribution in [2.45, 2.75) is 26.7 Å². The zero-order chi connectivity index (χ0) is 12.7. The molecule has 0 aliphatic heterocycles. The molecule has 5 heteroatoms. The standard InChI is InChI=1S/C12H17BrN2O2/c1-3-5-17-6-4-12(16)15-11-7-9(2)10(13)8-14-11/h7-8H,3-6H2,1-2H3,(H,14,15,16). The van der Waals surface area contributed by atoms with Gasteiger partial charge in [0.05, 0.1) is 13.0 Å². The normalized spacial score (nSPS) is 10.3. The Morgan fingerprint density at radius 3 is 2.94 bits per heavy atom. The molecular formula is C12H17BrN2O2. The number of halogens is 1. The number of hydrogen-bond acceptors (Lipinski definition) is 3. The van der Waals surface area contributed by atoms with Gasteiger partial charge in [-0.1, -0.05) is 6.92 Å². The summed E-state index contributed by atoms with van der Waals surface area (Å²) in [6, 6.07) is 1.83. The molecule has 0 bridgehead atoms. The summed E-state index contributed by atoms with van der Waals surface area (Å²) in [5.41, 5.74) is 1.04. The third kappa shape index (κ3) is 5.28. The number of carbonyl (C=O) groups is 1. The van der Waals surface area contributed by atoms with Crippen LogP contribution in [0.3, 0.4) is 0 Å². The summed E-state index contributed by atoms with van der Waals surface area (Å²) in [5, 5.41) is 2.74. The number of nitrogens with one attached hydrogen (secondary N) is 1. The van der Waals surface area contributed by atoms with Crippen LogP contribution in [-0.2, 0) is 9.53 Å². The highest BCUT2D eigenvalue weighted by atomic mass is 79.9. The molecule has 1 aromatic heterocycles. The first-order valence-electron chi connectivity index (χ1n) is 5.63. The molecule has 1 aromatic rings. The molecule has 94 valence electrons. The second-order valence-electron chi connectivity index (χ2n) is 3.73. The molecule has 0 saturated carbocycles. The largest absolute Gasteiger partial charge is 0.381 e. The molecule has 0 aromatic carbocycles. The van der Waals surface area contributed by atoms with E-state index >= 15 is 0 Å². The fourth-order valence-electron chi connectivity index (χ4n) is 1.22. The average Bonchev–Trinajstić information content (AvgIpc) is 2.30. The van der Waals surface area contributed by atoms with Crippen molar-refractivity contribution in [1.29, 1.82) is 0 Å². The van der Waals surface area contributed by atoms with Crippen LogP contribution in [0.25, 0.3) is 0 Å². The molecule has 0 aliphatic rings. The van der Waals surface area contributed by atoms with Gasteiger partial charge in [-0.3, -0.25) is 4.79 Å². The van der Waals surface area contributed by atoms with Gasteiger partial charge < -0.3 is 10.1 Å². The lowest BCUT2D eigenvalue weighted by molar-refractivity contribution is -0.117. The first kappa shape index (κ1) is 14.1. The lowest BCUT2D eigenvalue weighted by Gasteiger charge is -2.06. The third-order valence-electron chi connectivity index (χ3n) is 2.14. The molecule has 1 N–H and O–H groups in total. The number of amides is 1. The smallest absolute Gasteiger partial charge is 0.227 e. The fraction of sp³-hybridized carbons (Fsp3) is 0.500. The van der Waals surface area contributed by atoms with Gasteiger partial charge in [0.2, 0.25) is 5.91 Å². The topological polar surface area (TPSA) is 51.2 Å². The van der Waals surface area contributed by atoms with Crippen molar-refractivity contribution in [3.05, 3.63) is 22.3 Å². The van der Waals surface area contributed by atoms with Gasteiger partial charge >= 0.3 is 0 Å². The molecule has 0 fully saturated rings. The number of carbonyl (C=O) groups excluding carboxylic acids is 1. The van der Waals surface area contributed by atoms with Gasteiger partial charge in [0.25, 0.3) is 0 Å². The van der Waals surface area contributed by atoms with Gasteiger partial charge in [0.1, 0.15) is 5.82 Å². The minimum absolute atomic E-state index is 0.0738. The number of nitrogens with zero attached hydrogens (tertiary/aromatic N) is 1. The minimum atomic E-state index is -0.0738. The van der Waals surface area contributed by atoms with E-state index in [2.05, 4.69) is 26.2 Å². The van der Waals surface area contributed by atoms with Crippen molar-refractivity contribution < 1.29 is 9.53 Å². The number of anilines is 1. The zero-order valence-electron chi connectivity index (χ0n) is 10.1.